The van der Waals surface area contributed by atoms with Crippen LogP contribution in [0.3, 0.4) is 0 Å². The van der Waals surface area contributed by atoms with Crippen LogP contribution in [0, 0.1) is 0 Å². The molecule has 4 heteroatoms. The zero-order valence-corrected chi connectivity index (χ0v) is 14.9. The van der Waals surface area contributed by atoms with Crippen LogP contribution in [-0.4, -0.2) is 11.9 Å². The van der Waals surface area contributed by atoms with Crippen LogP contribution >= 0.6 is 0 Å². The molecule has 0 spiro atoms. The molecule has 0 fully saturated rings. The van der Waals surface area contributed by atoms with E-state index in [2.05, 4.69) is 36.2 Å². The Kier molecular flexibility index (Phi) is 5.54. The zero-order chi connectivity index (χ0) is 18.4. The van der Waals surface area contributed by atoms with Gasteiger partial charge >= 0.3 is 0 Å². The fraction of sp³-hybridized carbons (Fsp3) is 0.136. The van der Waals surface area contributed by atoms with Crippen molar-refractivity contribution >= 4 is 29.0 Å². The Balaban J connectivity index is 1.70. The predicted molar refractivity (Wildman–Crippen MR) is 107 cm³/mol. The van der Waals surface area contributed by atoms with Crippen molar-refractivity contribution in [2.24, 2.45) is 0 Å². The minimum absolute atomic E-state index is 0.196. The molecule has 1 N–H and O–H groups in total. The number of carbonyl (C=O) groups excluding carboxylic acids is 1. The first kappa shape index (κ1) is 17.5. The number of para-hydroxylation sites is 1. The van der Waals surface area contributed by atoms with Crippen LogP contribution in [0.2, 0.25) is 0 Å². The Hall–Kier alpha value is -3.27. The van der Waals surface area contributed by atoms with Crippen LogP contribution < -0.4 is 10.2 Å². The second-order valence-electron chi connectivity index (χ2n) is 6.18. The summed E-state index contributed by atoms with van der Waals surface area (Å²) in [6, 6.07) is 22.0. The van der Waals surface area contributed by atoms with Crippen LogP contribution in [0.4, 0.5) is 17.1 Å². The molecule has 1 aromatic heterocycles. The summed E-state index contributed by atoms with van der Waals surface area (Å²) in [5.74, 6) is 0.448. The number of carbonyl (C=O) groups is 1. The van der Waals surface area contributed by atoms with Gasteiger partial charge in [0.05, 0.1) is 6.26 Å². The van der Waals surface area contributed by atoms with Crippen LogP contribution in [0.15, 0.2) is 83.5 Å². The van der Waals surface area contributed by atoms with Gasteiger partial charge in [0.15, 0.2) is 0 Å². The summed E-state index contributed by atoms with van der Waals surface area (Å²) in [5.41, 5.74) is 2.97. The molecule has 0 saturated carbocycles. The SMILES string of the molecule is CC(C)N(c1ccccc1)c1ccc(NC(=O)C=Cc2ccco2)cc1. The predicted octanol–water partition coefficient (Wildman–Crippen LogP) is 5.48. The highest BCUT2D eigenvalue weighted by atomic mass is 16.3. The van der Waals surface area contributed by atoms with Crippen molar-refractivity contribution in [3.8, 4) is 0 Å². The number of hydrogen-bond donors (Lipinski definition) is 1. The third-order valence-electron chi connectivity index (χ3n) is 3.91. The maximum atomic E-state index is 12.0. The zero-order valence-electron chi connectivity index (χ0n) is 14.9. The van der Waals surface area contributed by atoms with Crippen LogP contribution in [-0.2, 0) is 4.79 Å². The fourth-order valence-electron chi connectivity index (χ4n) is 2.77. The summed E-state index contributed by atoms with van der Waals surface area (Å²) in [7, 11) is 0. The van der Waals surface area contributed by atoms with Gasteiger partial charge in [-0.1, -0.05) is 18.2 Å². The molecule has 4 nitrogen and oxygen atoms in total. The highest BCUT2D eigenvalue weighted by Crippen LogP contribution is 2.28. The van der Waals surface area contributed by atoms with Gasteiger partial charge in [-0.2, -0.15) is 0 Å². The average molecular weight is 346 g/mol. The monoisotopic (exact) mass is 346 g/mol. The highest BCUT2D eigenvalue weighted by Gasteiger charge is 2.12. The second kappa shape index (κ2) is 8.21. The first-order valence-corrected chi connectivity index (χ1v) is 8.60. The van der Waals surface area contributed by atoms with Crippen molar-refractivity contribution < 1.29 is 9.21 Å². The summed E-state index contributed by atoms with van der Waals surface area (Å²) in [5, 5.41) is 2.85. The van der Waals surface area contributed by atoms with Crippen molar-refractivity contribution in [1.82, 2.24) is 0 Å². The van der Waals surface area contributed by atoms with Gasteiger partial charge < -0.3 is 14.6 Å². The molecule has 3 rings (SSSR count). The largest absolute Gasteiger partial charge is 0.465 e. The van der Waals surface area contributed by atoms with Gasteiger partial charge in [0.25, 0.3) is 0 Å². The van der Waals surface area contributed by atoms with Crippen molar-refractivity contribution in [2.45, 2.75) is 19.9 Å². The normalized spacial score (nSPS) is 11.0. The third kappa shape index (κ3) is 4.42. The molecule has 0 atom stereocenters. The van der Waals surface area contributed by atoms with Gasteiger partial charge in [-0.15, -0.1) is 0 Å². The molecule has 2 aromatic carbocycles. The van der Waals surface area contributed by atoms with Gasteiger partial charge in [0.1, 0.15) is 5.76 Å². The van der Waals surface area contributed by atoms with E-state index in [0.29, 0.717) is 11.8 Å². The lowest BCUT2D eigenvalue weighted by Gasteiger charge is -2.29. The molecule has 1 amide bonds. The van der Waals surface area contributed by atoms with Gasteiger partial charge in [-0.25, -0.2) is 0 Å². The molecule has 0 aliphatic rings. The summed E-state index contributed by atoms with van der Waals surface area (Å²) < 4.78 is 5.17. The minimum atomic E-state index is -0.196. The van der Waals surface area contributed by atoms with Crippen LogP contribution in [0.25, 0.3) is 6.08 Å². The molecule has 0 aliphatic carbocycles. The maximum absolute atomic E-state index is 12.0. The molecule has 0 aliphatic heterocycles. The van der Waals surface area contributed by atoms with Gasteiger partial charge in [0, 0.05) is 29.2 Å². The van der Waals surface area contributed by atoms with Gasteiger partial charge in [-0.05, 0) is 68.5 Å². The van der Waals surface area contributed by atoms with E-state index in [1.807, 2.05) is 42.5 Å². The van der Waals surface area contributed by atoms with E-state index in [-0.39, 0.29) is 5.91 Å². The van der Waals surface area contributed by atoms with Crippen molar-refractivity contribution in [3.63, 3.8) is 0 Å². The van der Waals surface area contributed by atoms with Crippen LogP contribution in [0.5, 0.6) is 0 Å². The molecule has 0 saturated heterocycles. The van der Waals surface area contributed by atoms with E-state index >= 15 is 0 Å². The van der Waals surface area contributed by atoms with E-state index in [9.17, 15) is 4.79 Å². The Bertz CT molecular complexity index is 851. The smallest absolute Gasteiger partial charge is 0.248 e. The summed E-state index contributed by atoms with van der Waals surface area (Å²) in [6.07, 6.45) is 4.67. The van der Waals surface area contributed by atoms with Crippen molar-refractivity contribution in [2.75, 3.05) is 10.2 Å². The van der Waals surface area contributed by atoms with E-state index in [1.165, 1.54) is 6.08 Å². The number of nitrogens with one attached hydrogen (secondary N) is 1. The van der Waals surface area contributed by atoms with E-state index in [1.54, 1.807) is 24.5 Å². The quantitative estimate of drug-likeness (QED) is 0.601. The first-order chi connectivity index (χ1) is 12.6. The number of nitrogens with zero attached hydrogens (tertiary/aromatic N) is 1. The topological polar surface area (TPSA) is 45.5 Å². The number of amides is 1. The van der Waals surface area contributed by atoms with Crippen LogP contribution in [0.1, 0.15) is 19.6 Å². The Morgan fingerprint density at radius 2 is 1.65 bits per heavy atom. The maximum Gasteiger partial charge on any atom is 0.248 e. The summed E-state index contributed by atoms with van der Waals surface area (Å²) in [6.45, 7) is 4.31. The number of hydrogen-bond acceptors (Lipinski definition) is 3. The lowest BCUT2D eigenvalue weighted by Crippen LogP contribution is -2.25. The minimum Gasteiger partial charge on any atom is -0.465 e. The molecule has 1 heterocycles. The van der Waals surface area contributed by atoms with E-state index < -0.39 is 0 Å². The standard InChI is InChI=1S/C22H22N2O2/c1-17(2)24(19-7-4-3-5-8-19)20-12-10-18(11-13-20)23-22(25)15-14-21-9-6-16-26-21/h3-17H,1-2H3,(H,23,25). The fourth-order valence-corrected chi connectivity index (χ4v) is 2.77. The average Bonchev–Trinajstić information content (AvgIpc) is 3.16. The Morgan fingerprint density at radius 3 is 2.27 bits per heavy atom. The molecule has 0 bridgehead atoms. The van der Waals surface area contributed by atoms with Crippen molar-refractivity contribution in [1.29, 1.82) is 0 Å². The van der Waals surface area contributed by atoms with Crippen molar-refractivity contribution in [3.05, 3.63) is 84.8 Å². The summed E-state index contributed by atoms with van der Waals surface area (Å²) >= 11 is 0. The molecule has 26 heavy (non-hydrogen) atoms. The molecule has 3 aromatic rings. The van der Waals surface area contributed by atoms with Gasteiger partial charge in [-0.3, -0.25) is 4.79 Å². The highest BCUT2D eigenvalue weighted by molar-refractivity contribution is 6.01. The van der Waals surface area contributed by atoms with Gasteiger partial charge in [0.2, 0.25) is 5.91 Å². The molecule has 132 valence electrons. The lowest BCUT2D eigenvalue weighted by atomic mass is 10.2. The number of benzene rings is 2. The Morgan fingerprint density at radius 1 is 0.962 bits per heavy atom. The molecule has 0 radical (unpaired) electrons. The Labute approximate surface area is 153 Å². The van der Waals surface area contributed by atoms with E-state index in [4.69, 9.17) is 4.42 Å². The lowest BCUT2D eigenvalue weighted by molar-refractivity contribution is -0.111. The number of anilines is 3. The molecule has 0 unspecified atom stereocenters. The number of rotatable bonds is 6. The molecular weight excluding hydrogens is 324 g/mol. The summed E-state index contributed by atoms with van der Waals surface area (Å²) in [4.78, 5) is 14.3. The second-order valence-corrected chi connectivity index (χ2v) is 6.18. The van der Waals surface area contributed by atoms with E-state index in [0.717, 1.165) is 17.1 Å². The molecular formula is C22H22N2O2. The number of furan rings is 1. The third-order valence-corrected chi connectivity index (χ3v) is 3.91. The first-order valence-electron chi connectivity index (χ1n) is 8.60.